The number of nitrogens with zero attached hydrogens (tertiary/aromatic N) is 1. The molecule has 0 bridgehead atoms. The van der Waals surface area contributed by atoms with Gasteiger partial charge in [0.1, 0.15) is 17.9 Å². The molecule has 24 heavy (non-hydrogen) atoms. The fourth-order valence-corrected chi connectivity index (χ4v) is 2.06. The van der Waals surface area contributed by atoms with Gasteiger partial charge < -0.3 is 15.2 Å². The van der Waals surface area contributed by atoms with E-state index in [0.29, 0.717) is 11.5 Å². The van der Waals surface area contributed by atoms with E-state index in [0.717, 1.165) is 0 Å². The van der Waals surface area contributed by atoms with Crippen LogP contribution in [0.4, 0.5) is 18.9 Å². The fourth-order valence-electron chi connectivity index (χ4n) is 2.06. The number of hydrogen-bond acceptors (Lipinski definition) is 4. The minimum absolute atomic E-state index is 0.0816. The first-order chi connectivity index (χ1) is 11.2. The first-order valence-electron chi connectivity index (χ1n) is 6.87. The number of carbonyl (C=O) groups is 2. The molecule has 9 heteroatoms. The van der Waals surface area contributed by atoms with Crippen molar-refractivity contribution in [1.29, 1.82) is 0 Å². The standard InChI is InChI=1S/C15H14F3N3O3/c1-8-12(9(2)24-21-8)14(23)20-11-6-4-3-5-10(11)13(22)19-7-15(16,17)18/h3-6H,7H2,1-2H3,(H,19,22)(H,20,23). The van der Waals surface area contributed by atoms with Gasteiger partial charge in [-0.1, -0.05) is 17.3 Å². The van der Waals surface area contributed by atoms with Gasteiger partial charge in [-0.05, 0) is 26.0 Å². The highest BCUT2D eigenvalue weighted by Gasteiger charge is 2.28. The van der Waals surface area contributed by atoms with Crippen LogP contribution in [0.15, 0.2) is 28.8 Å². The number of hydrogen-bond donors (Lipinski definition) is 2. The van der Waals surface area contributed by atoms with E-state index in [1.807, 2.05) is 0 Å². The number of alkyl halides is 3. The summed E-state index contributed by atoms with van der Waals surface area (Å²) in [7, 11) is 0. The quantitative estimate of drug-likeness (QED) is 0.896. The molecule has 0 aliphatic rings. The van der Waals surface area contributed by atoms with Crippen molar-refractivity contribution in [3.05, 3.63) is 46.8 Å². The zero-order valence-electron chi connectivity index (χ0n) is 12.8. The maximum absolute atomic E-state index is 12.3. The van der Waals surface area contributed by atoms with Gasteiger partial charge in [0.25, 0.3) is 11.8 Å². The molecule has 2 aromatic rings. The number of benzene rings is 1. The molecule has 1 aromatic carbocycles. The fraction of sp³-hybridized carbons (Fsp3) is 0.267. The predicted molar refractivity (Wildman–Crippen MR) is 78.8 cm³/mol. The van der Waals surface area contributed by atoms with Crippen LogP contribution in [-0.2, 0) is 0 Å². The number of amides is 2. The van der Waals surface area contributed by atoms with Crippen molar-refractivity contribution in [1.82, 2.24) is 10.5 Å². The summed E-state index contributed by atoms with van der Waals surface area (Å²) in [4.78, 5) is 24.2. The first kappa shape index (κ1) is 17.5. The maximum Gasteiger partial charge on any atom is 0.405 e. The van der Waals surface area contributed by atoms with E-state index < -0.39 is 24.5 Å². The molecule has 0 saturated heterocycles. The molecule has 128 valence electrons. The molecule has 0 saturated carbocycles. The van der Waals surface area contributed by atoms with Gasteiger partial charge in [-0.2, -0.15) is 13.2 Å². The second-order valence-electron chi connectivity index (χ2n) is 5.00. The monoisotopic (exact) mass is 341 g/mol. The van der Waals surface area contributed by atoms with Crippen LogP contribution in [0.3, 0.4) is 0 Å². The molecule has 2 rings (SSSR count). The molecule has 0 atom stereocenters. The molecule has 6 nitrogen and oxygen atoms in total. The van der Waals surface area contributed by atoms with Crippen molar-refractivity contribution in [2.24, 2.45) is 0 Å². The molecule has 0 spiro atoms. The van der Waals surface area contributed by atoms with Crippen LogP contribution >= 0.6 is 0 Å². The normalized spacial score (nSPS) is 11.2. The van der Waals surface area contributed by atoms with Crippen LogP contribution in [-0.4, -0.2) is 29.7 Å². The number of para-hydroxylation sites is 1. The van der Waals surface area contributed by atoms with E-state index in [1.165, 1.54) is 18.2 Å². The molecular weight excluding hydrogens is 327 g/mol. The second kappa shape index (κ2) is 6.73. The van der Waals surface area contributed by atoms with E-state index in [9.17, 15) is 22.8 Å². The van der Waals surface area contributed by atoms with E-state index in [-0.39, 0.29) is 16.8 Å². The molecule has 2 N–H and O–H groups in total. The van der Waals surface area contributed by atoms with Crippen molar-refractivity contribution in [2.45, 2.75) is 20.0 Å². The summed E-state index contributed by atoms with van der Waals surface area (Å²) in [5.74, 6) is -1.21. The van der Waals surface area contributed by atoms with Crippen molar-refractivity contribution in [3.63, 3.8) is 0 Å². The van der Waals surface area contributed by atoms with E-state index in [4.69, 9.17) is 4.52 Å². The molecule has 2 amide bonds. The summed E-state index contributed by atoms with van der Waals surface area (Å²) in [5, 5.41) is 7.91. The Morgan fingerprint density at radius 3 is 2.42 bits per heavy atom. The van der Waals surface area contributed by atoms with Crippen LogP contribution in [0.2, 0.25) is 0 Å². The smallest absolute Gasteiger partial charge is 0.361 e. The van der Waals surface area contributed by atoms with Crippen molar-refractivity contribution < 1.29 is 27.3 Å². The Morgan fingerprint density at radius 1 is 1.17 bits per heavy atom. The third-order valence-corrected chi connectivity index (χ3v) is 3.13. The third kappa shape index (κ3) is 4.12. The number of anilines is 1. The summed E-state index contributed by atoms with van der Waals surface area (Å²) in [6.07, 6.45) is -4.52. The summed E-state index contributed by atoms with van der Waals surface area (Å²) in [6, 6.07) is 5.75. The van der Waals surface area contributed by atoms with E-state index in [2.05, 4.69) is 10.5 Å². The van der Waals surface area contributed by atoms with Gasteiger partial charge in [-0.25, -0.2) is 0 Å². The zero-order valence-corrected chi connectivity index (χ0v) is 12.8. The Bertz CT molecular complexity index is 749. The maximum atomic E-state index is 12.3. The Morgan fingerprint density at radius 2 is 1.83 bits per heavy atom. The number of nitrogens with one attached hydrogen (secondary N) is 2. The first-order valence-corrected chi connectivity index (χ1v) is 6.87. The summed E-state index contributed by atoms with van der Waals surface area (Å²) < 4.78 is 41.5. The Kier molecular flexibility index (Phi) is 4.91. The third-order valence-electron chi connectivity index (χ3n) is 3.13. The molecule has 0 fully saturated rings. The number of halogens is 3. The SMILES string of the molecule is Cc1noc(C)c1C(=O)Nc1ccccc1C(=O)NCC(F)(F)F. The minimum Gasteiger partial charge on any atom is -0.361 e. The van der Waals surface area contributed by atoms with Crippen molar-refractivity contribution in [3.8, 4) is 0 Å². The molecule has 1 aromatic heterocycles. The second-order valence-corrected chi connectivity index (χ2v) is 5.00. The lowest BCUT2D eigenvalue weighted by Crippen LogP contribution is -2.34. The highest BCUT2D eigenvalue weighted by Crippen LogP contribution is 2.20. The zero-order chi connectivity index (χ0) is 17.9. The average molecular weight is 341 g/mol. The van der Waals surface area contributed by atoms with Gasteiger partial charge in [0.05, 0.1) is 16.9 Å². The molecule has 0 aliphatic heterocycles. The van der Waals surface area contributed by atoms with Gasteiger partial charge in [0, 0.05) is 0 Å². The summed E-state index contributed by atoms with van der Waals surface area (Å²) in [5.41, 5.74) is 0.577. The molecule has 0 aliphatic carbocycles. The van der Waals surface area contributed by atoms with Gasteiger partial charge in [0.15, 0.2) is 0 Å². The number of rotatable bonds is 4. The highest BCUT2D eigenvalue weighted by atomic mass is 19.4. The number of aromatic nitrogens is 1. The van der Waals surface area contributed by atoms with Crippen LogP contribution < -0.4 is 10.6 Å². The van der Waals surface area contributed by atoms with E-state index >= 15 is 0 Å². The summed E-state index contributed by atoms with van der Waals surface area (Å²) >= 11 is 0. The van der Waals surface area contributed by atoms with Crippen molar-refractivity contribution >= 4 is 17.5 Å². The molecule has 0 radical (unpaired) electrons. The van der Waals surface area contributed by atoms with Crippen LogP contribution in [0, 0.1) is 13.8 Å². The molecule has 0 unspecified atom stereocenters. The Labute approximate surface area is 135 Å². The van der Waals surface area contributed by atoms with Gasteiger partial charge in [0.2, 0.25) is 0 Å². The number of carbonyl (C=O) groups excluding carboxylic acids is 2. The lowest BCUT2D eigenvalue weighted by molar-refractivity contribution is -0.123. The topological polar surface area (TPSA) is 84.2 Å². The average Bonchev–Trinajstić information content (AvgIpc) is 2.83. The van der Waals surface area contributed by atoms with Crippen LogP contribution in [0.25, 0.3) is 0 Å². The predicted octanol–water partition coefficient (Wildman–Crippen LogP) is 2.84. The Hall–Kier alpha value is -2.84. The number of aryl methyl sites for hydroxylation is 2. The molecule has 1 heterocycles. The lowest BCUT2D eigenvalue weighted by atomic mass is 10.1. The minimum atomic E-state index is -4.52. The summed E-state index contributed by atoms with van der Waals surface area (Å²) in [6.45, 7) is 1.67. The van der Waals surface area contributed by atoms with Gasteiger partial charge in [-0.3, -0.25) is 9.59 Å². The molecular formula is C15H14F3N3O3. The van der Waals surface area contributed by atoms with Gasteiger partial charge in [-0.15, -0.1) is 0 Å². The van der Waals surface area contributed by atoms with E-state index in [1.54, 1.807) is 25.2 Å². The van der Waals surface area contributed by atoms with Crippen LogP contribution in [0.1, 0.15) is 32.2 Å². The Balaban J connectivity index is 2.20. The van der Waals surface area contributed by atoms with Crippen LogP contribution in [0.5, 0.6) is 0 Å². The van der Waals surface area contributed by atoms with Crippen molar-refractivity contribution in [2.75, 3.05) is 11.9 Å². The highest BCUT2D eigenvalue weighted by molar-refractivity contribution is 6.09. The van der Waals surface area contributed by atoms with Gasteiger partial charge >= 0.3 is 6.18 Å². The lowest BCUT2D eigenvalue weighted by Gasteiger charge is -2.12. The largest absolute Gasteiger partial charge is 0.405 e.